The predicted octanol–water partition coefficient (Wildman–Crippen LogP) is 6.30. The number of piperidine rings is 2. The zero-order chi connectivity index (χ0) is 30.0. The Morgan fingerprint density at radius 3 is 2.53 bits per heavy atom. The monoisotopic (exact) mass is 598 g/mol. The maximum atomic E-state index is 13.1. The summed E-state index contributed by atoms with van der Waals surface area (Å²) in [6, 6.07) is 7.07. The number of benzene rings is 1. The summed E-state index contributed by atoms with van der Waals surface area (Å²) in [6.45, 7) is 6.07. The molecule has 2 saturated heterocycles. The van der Waals surface area contributed by atoms with Gasteiger partial charge in [-0.3, -0.25) is 9.48 Å². The number of carbonyl (C=O) groups excluding carboxylic acids is 1. The molecule has 0 bridgehead atoms. The molecular weight excluding hydrogens is 557 g/mol. The summed E-state index contributed by atoms with van der Waals surface area (Å²) < 4.78 is 46.7. The highest BCUT2D eigenvalue weighted by molar-refractivity contribution is 6.05. The Kier molecular flexibility index (Phi) is 8.64. The Labute approximate surface area is 250 Å². The van der Waals surface area contributed by atoms with Crippen molar-refractivity contribution in [3.05, 3.63) is 47.9 Å². The fourth-order valence-corrected chi connectivity index (χ4v) is 7.20. The number of alkyl halides is 3. The Morgan fingerprint density at radius 1 is 1.09 bits per heavy atom. The zero-order valence-electron chi connectivity index (χ0n) is 24.8. The molecule has 1 aromatic carbocycles. The van der Waals surface area contributed by atoms with Crippen LogP contribution in [-0.2, 0) is 6.18 Å². The number of halogens is 3. The lowest BCUT2D eigenvalue weighted by atomic mass is 9.71. The van der Waals surface area contributed by atoms with E-state index in [-0.39, 0.29) is 5.69 Å². The van der Waals surface area contributed by atoms with Gasteiger partial charge in [0, 0.05) is 17.6 Å². The first-order valence-corrected chi connectivity index (χ1v) is 15.6. The van der Waals surface area contributed by atoms with Crippen LogP contribution in [0.1, 0.15) is 80.0 Å². The third-order valence-corrected chi connectivity index (χ3v) is 9.99. The number of fused-ring (bicyclic) bond motifs is 1. The maximum Gasteiger partial charge on any atom is 0.433 e. The lowest BCUT2D eigenvalue weighted by Gasteiger charge is -2.44. The Balaban J connectivity index is 1.04. The smallest absolute Gasteiger partial charge is 0.433 e. The summed E-state index contributed by atoms with van der Waals surface area (Å²) >= 11 is 0. The van der Waals surface area contributed by atoms with Gasteiger partial charge < -0.3 is 20.3 Å². The van der Waals surface area contributed by atoms with Crippen molar-refractivity contribution < 1.29 is 22.7 Å². The lowest BCUT2D eigenvalue weighted by Crippen LogP contribution is -2.45. The number of carbonyl (C=O) groups is 1. The molecule has 0 unspecified atom stereocenters. The van der Waals surface area contributed by atoms with E-state index in [0.717, 1.165) is 35.7 Å². The maximum absolute atomic E-state index is 13.1. The van der Waals surface area contributed by atoms with Gasteiger partial charge in [-0.1, -0.05) is 6.07 Å². The number of aromatic nitrogens is 3. The second-order valence-electron chi connectivity index (χ2n) is 12.6. The molecule has 1 saturated carbocycles. The number of likely N-dealkylation sites (tertiary alicyclic amines) is 1. The fraction of sp³-hybridized carbons (Fsp3) is 0.594. The number of anilines is 1. The number of hydrogen-bond acceptors (Lipinski definition) is 6. The molecular formula is C32H41F3N6O2. The van der Waals surface area contributed by atoms with Crippen molar-refractivity contribution >= 4 is 22.5 Å². The van der Waals surface area contributed by atoms with Crippen molar-refractivity contribution in [1.82, 2.24) is 25.0 Å². The first-order valence-electron chi connectivity index (χ1n) is 15.6. The van der Waals surface area contributed by atoms with Gasteiger partial charge in [0.1, 0.15) is 17.1 Å². The van der Waals surface area contributed by atoms with E-state index in [9.17, 15) is 18.0 Å². The molecule has 3 aromatic rings. The molecule has 232 valence electrons. The number of nitrogens with zero attached hydrogens (tertiary/aromatic N) is 4. The third-order valence-electron chi connectivity index (χ3n) is 9.99. The molecule has 43 heavy (non-hydrogen) atoms. The van der Waals surface area contributed by atoms with Gasteiger partial charge >= 0.3 is 6.18 Å². The van der Waals surface area contributed by atoms with E-state index in [4.69, 9.17) is 9.84 Å². The van der Waals surface area contributed by atoms with E-state index in [1.807, 2.05) is 10.9 Å². The number of pyridine rings is 1. The number of hydrogen-bond donors (Lipinski definition) is 2. The minimum Gasteiger partial charge on any atom is -0.494 e. The van der Waals surface area contributed by atoms with Crippen LogP contribution in [0.2, 0.25) is 0 Å². The van der Waals surface area contributed by atoms with Crippen LogP contribution >= 0.6 is 0 Å². The minimum atomic E-state index is -4.63. The molecule has 4 heterocycles. The second-order valence-corrected chi connectivity index (χ2v) is 12.6. The van der Waals surface area contributed by atoms with Crippen LogP contribution in [0.5, 0.6) is 5.75 Å². The molecule has 6 rings (SSSR count). The van der Waals surface area contributed by atoms with Crippen molar-refractivity contribution in [2.24, 2.45) is 11.3 Å². The number of methoxy groups -OCH3 is 1. The molecule has 3 aliphatic rings. The minimum absolute atomic E-state index is 0.316. The fourth-order valence-electron chi connectivity index (χ4n) is 7.20. The molecule has 11 heteroatoms. The summed E-state index contributed by atoms with van der Waals surface area (Å²) in [5.74, 6) is 0.387. The van der Waals surface area contributed by atoms with Crippen LogP contribution in [0.15, 0.2) is 36.5 Å². The van der Waals surface area contributed by atoms with Crippen molar-refractivity contribution in [3.8, 4) is 5.75 Å². The Morgan fingerprint density at radius 2 is 1.84 bits per heavy atom. The molecule has 1 amide bonds. The Bertz CT molecular complexity index is 1420. The topological polar surface area (TPSA) is 84.3 Å². The van der Waals surface area contributed by atoms with E-state index in [2.05, 4.69) is 20.5 Å². The van der Waals surface area contributed by atoms with Crippen LogP contribution in [0.4, 0.5) is 18.9 Å². The average Bonchev–Trinajstić information content (AvgIpc) is 3.43. The molecule has 1 spiro atoms. The first kappa shape index (κ1) is 29.9. The highest BCUT2D eigenvalue weighted by Gasteiger charge is 2.36. The van der Waals surface area contributed by atoms with E-state index in [1.165, 1.54) is 96.9 Å². The van der Waals surface area contributed by atoms with Gasteiger partial charge in [-0.15, -0.1) is 0 Å². The second kappa shape index (κ2) is 12.4. The van der Waals surface area contributed by atoms with Gasteiger partial charge in [-0.05, 0) is 120 Å². The van der Waals surface area contributed by atoms with Crippen molar-refractivity contribution in [1.29, 1.82) is 0 Å². The summed E-state index contributed by atoms with van der Waals surface area (Å²) in [4.78, 5) is 19.0. The molecule has 0 radical (unpaired) electrons. The Hall–Kier alpha value is -3.18. The standard InChI is InChI=1S/C32H41F3N6O2/c1-43-28-20-26-23(19-27(28)38-30(42)25-3-2-4-29(37-25)32(33,34)35)21-41(39-26)24-7-5-22(6-8-24)9-16-40-17-12-31(13-18-40)10-14-36-15-11-31/h2-4,19-22,24,36H,5-18H2,1H3,(H,38,42). The predicted molar refractivity (Wildman–Crippen MR) is 159 cm³/mol. The summed E-state index contributed by atoms with van der Waals surface area (Å²) in [7, 11) is 1.48. The van der Waals surface area contributed by atoms with Crippen LogP contribution in [0.25, 0.3) is 10.9 Å². The molecule has 2 aliphatic heterocycles. The highest BCUT2D eigenvalue weighted by Crippen LogP contribution is 2.40. The lowest BCUT2D eigenvalue weighted by molar-refractivity contribution is -0.141. The van der Waals surface area contributed by atoms with E-state index in [0.29, 0.717) is 22.9 Å². The summed E-state index contributed by atoms with van der Waals surface area (Å²) in [5.41, 5.74) is 0.256. The summed E-state index contributed by atoms with van der Waals surface area (Å²) in [6.07, 6.45) is 8.56. The molecule has 0 atom stereocenters. The van der Waals surface area contributed by atoms with Crippen molar-refractivity contribution in [2.45, 2.75) is 70.0 Å². The van der Waals surface area contributed by atoms with Gasteiger partial charge in [0.05, 0.1) is 24.4 Å². The molecule has 2 aromatic heterocycles. The first-order chi connectivity index (χ1) is 20.7. The number of rotatable bonds is 7. The molecule has 1 aliphatic carbocycles. The van der Waals surface area contributed by atoms with E-state index < -0.39 is 17.8 Å². The molecule has 2 N–H and O–H groups in total. The van der Waals surface area contributed by atoms with Crippen molar-refractivity contribution in [3.63, 3.8) is 0 Å². The quantitative estimate of drug-likeness (QED) is 0.332. The van der Waals surface area contributed by atoms with Crippen molar-refractivity contribution in [2.75, 3.05) is 45.2 Å². The van der Waals surface area contributed by atoms with Gasteiger partial charge in [-0.2, -0.15) is 18.3 Å². The van der Waals surface area contributed by atoms with E-state index in [1.54, 1.807) is 12.1 Å². The molecule has 8 nitrogen and oxygen atoms in total. The highest BCUT2D eigenvalue weighted by atomic mass is 19.4. The SMILES string of the molecule is COc1cc2nn(C3CCC(CCN4CCC5(CCNCC5)CC4)CC3)cc2cc1NC(=O)c1cccc(C(F)(F)F)n1. The summed E-state index contributed by atoms with van der Waals surface area (Å²) in [5, 5.41) is 11.8. The van der Waals surface area contributed by atoms with E-state index >= 15 is 0 Å². The normalized spacial score (nSPS) is 23.0. The average molecular weight is 599 g/mol. The van der Waals surface area contributed by atoms with Crippen LogP contribution < -0.4 is 15.4 Å². The van der Waals surface area contributed by atoms with Gasteiger partial charge in [0.15, 0.2) is 0 Å². The largest absolute Gasteiger partial charge is 0.494 e. The van der Waals surface area contributed by atoms with Crippen LogP contribution in [0.3, 0.4) is 0 Å². The van der Waals surface area contributed by atoms with Gasteiger partial charge in [-0.25, -0.2) is 4.98 Å². The number of ether oxygens (including phenoxy) is 1. The van der Waals surface area contributed by atoms with Crippen LogP contribution in [0, 0.1) is 11.3 Å². The van der Waals surface area contributed by atoms with Gasteiger partial charge in [0.25, 0.3) is 5.91 Å². The van der Waals surface area contributed by atoms with Crippen LogP contribution in [-0.4, -0.2) is 65.4 Å². The van der Waals surface area contributed by atoms with Gasteiger partial charge in [0.2, 0.25) is 0 Å². The third kappa shape index (κ3) is 6.82. The zero-order valence-corrected chi connectivity index (χ0v) is 24.8. The molecule has 3 fully saturated rings. The number of nitrogens with one attached hydrogen (secondary N) is 2. The number of amides is 1.